The van der Waals surface area contributed by atoms with Gasteiger partial charge in [-0.15, -0.1) is 0 Å². The number of rotatable bonds is 5. The predicted molar refractivity (Wildman–Crippen MR) is 105 cm³/mol. The summed E-state index contributed by atoms with van der Waals surface area (Å²) in [6.07, 6.45) is 6.96. The minimum atomic E-state index is -0.392. The second-order valence-corrected chi connectivity index (χ2v) is 7.33. The first kappa shape index (κ1) is 18.1. The van der Waals surface area contributed by atoms with Crippen molar-refractivity contribution in [3.63, 3.8) is 0 Å². The fourth-order valence-corrected chi connectivity index (χ4v) is 3.41. The number of cyclic esters (lactones) is 1. The Morgan fingerprint density at radius 2 is 2.14 bits per heavy atom. The molecule has 3 atom stereocenters. The fourth-order valence-electron chi connectivity index (χ4n) is 3.41. The summed E-state index contributed by atoms with van der Waals surface area (Å²) < 4.78 is 5.20. The van der Waals surface area contributed by atoms with Crippen LogP contribution in [0.4, 0.5) is 21.4 Å². The molecule has 1 aliphatic carbocycles. The number of urea groups is 1. The Balaban J connectivity index is 1.52. The third-order valence-corrected chi connectivity index (χ3v) is 5.03. The molecule has 0 spiro atoms. The van der Waals surface area contributed by atoms with Gasteiger partial charge in [0.15, 0.2) is 0 Å². The Morgan fingerprint density at radius 3 is 2.93 bits per heavy atom. The average molecular weight is 382 g/mol. The van der Waals surface area contributed by atoms with Crippen LogP contribution in [0.3, 0.4) is 0 Å². The van der Waals surface area contributed by atoms with E-state index in [1.165, 1.54) is 0 Å². The summed E-state index contributed by atoms with van der Waals surface area (Å²) >= 11 is 0. The molecule has 0 aromatic carbocycles. The van der Waals surface area contributed by atoms with E-state index in [2.05, 4.69) is 25.6 Å². The molecular formula is C19H22N6O3. The summed E-state index contributed by atoms with van der Waals surface area (Å²) in [7, 11) is 0. The maximum absolute atomic E-state index is 12.2. The van der Waals surface area contributed by atoms with Gasteiger partial charge in [0.1, 0.15) is 12.4 Å². The van der Waals surface area contributed by atoms with E-state index in [0.29, 0.717) is 24.1 Å². The predicted octanol–water partition coefficient (Wildman–Crippen LogP) is 2.29. The van der Waals surface area contributed by atoms with Crippen LogP contribution in [0.1, 0.15) is 20.8 Å². The van der Waals surface area contributed by atoms with E-state index in [4.69, 9.17) is 4.74 Å². The molecule has 1 aromatic rings. The lowest BCUT2D eigenvalue weighted by Crippen LogP contribution is -2.38. The molecule has 1 fully saturated rings. The molecule has 3 heterocycles. The normalized spacial score (nSPS) is 24.5. The van der Waals surface area contributed by atoms with Gasteiger partial charge in [-0.05, 0) is 30.6 Å². The van der Waals surface area contributed by atoms with E-state index >= 15 is 0 Å². The molecule has 146 valence electrons. The molecule has 9 heteroatoms. The van der Waals surface area contributed by atoms with Crippen LogP contribution >= 0.6 is 0 Å². The summed E-state index contributed by atoms with van der Waals surface area (Å²) in [5.41, 5.74) is 1.66. The summed E-state index contributed by atoms with van der Waals surface area (Å²) in [5, 5.41) is 6.00. The molecule has 1 aromatic heterocycles. The van der Waals surface area contributed by atoms with Crippen molar-refractivity contribution in [1.82, 2.24) is 15.3 Å². The van der Waals surface area contributed by atoms with Crippen LogP contribution < -0.4 is 15.5 Å². The van der Waals surface area contributed by atoms with Gasteiger partial charge in [-0.25, -0.2) is 14.6 Å². The van der Waals surface area contributed by atoms with Crippen LogP contribution in [0.25, 0.3) is 0 Å². The molecule has 0 radical (unpaired) electrons. The second-order valence-electron chi connectivity index (χ2n) is 7.33. The molecule has 2 unspecified atom stereocenters. The highest BCUT2D eigenvalue weighted by atomic mass is 16.6. The molecule has 28 heavy (non-hydrogen) atoms. The monoisotopic (exact) mass is 382 g/mol. The SMILES string of the molecule is CC(Nc1nccc(N2C(=O)OC[C@@H]2C(C)C)n1)C1=CC2=NC(=O)NC2C=C1. The summed E-state index contributed by atoms with van der Waals surface area (Å²) in [6.45, 7) is 6.41. The Hall–Kier alpha value is -3.23. The van der Waals surface area contributed by atoms with Crippen molar-refractivity contribution in [1.29, 1.82) is 0 Å². The van der Waals surface area contributed by atoms with E-state index in [9.17, 15) is 9.59 Å². The first-order chi connectivity index (χ1) is 13.4. The van der Waals surface area contributed by atoms with Crippen molar-refractivity contribution in [2.75, 3.05) is 16.8 Å². The zero-order valence-corrected chi connectivity index (χ0v) is 15.9. The number of fused-ring (bicyclic) bond motifs is 1. The number of aliphatic imine (C=N–C) groups is 1. The van der Waals surface area contributed by atoms with Crippen LogP contribution in [0.15, 0.2) is 41.1 Å². The number of ether oxygens (including phenoxy) is 1. The van der Waals surface area contributed by atoms with E-state index in [0.717, 1.165) is 5.57 Å². The highest BCUT2D eigenvalue weighted by Crippen LogP contribution is 2.26. The molecule has 0 bridgehead atoms. The van der Waals surface area contributed by atoms with E-state index in [1.54, 1.807) is 17.2 Å². The lowest BCUT2D eigenvalue weighted by molar-refractivity contribution is 0.177. The minimum Gasteiger partial charge on any atom is -0.447 e. The van der Waals surface area contributed by atoms with Gasteiger partial charge in [-0.2, -0.15) is 9.98 Å². The number of hydrogen-bond acceptors (Lipinski definition) is 6. The van der Waals surface area contributed by atoms with Gasteiger partial charge < -0.3 is 15.4 Å². The number of hydrogen-bond donors (Lipinski definition) is 2. The van der Waals surface area contributed by atoms with Gasteiger partial charge >= 0.3 is 12.1 Å². The third kappa shape index (κ3) is 3.35. The Bertz CT molecular complexity index is 907. The molecular weight excluding hydrogens is 360 g/mol. The summed E-state index contributed by atoms with van der Waals surface area (Å²) in [6, 6.07) is 1.05. The molecule has 4 rings (SSSR count). The first-order valence-corrected chi connectivity index (χ1v) is 9.27. The highest BCUT2D eigenvalue weighted by molar-refractivity contribution is 6.13. The number of nitrogens with one attached hydrogen (secondary N) is 2. The molecule has 0 saturated carbocycles. The summed E-state index contributed by atoms with van der Waals surface area (Å²) in [4.78, 5) is 37.9. The van der Waals surface area contributed by atoms with Gasteiger partial charge in [-0.1, -0.05) is 26.0 Å². The number of amides is 3. The maximum Gasteiger partial charge on any atom is 0.415 e. The van der Waals surface area contributed by atoms with Gasteiger partial charge in [0.05, 0.1) is 23.8 Å². The van der Waals surface area contributed by atoms with Gasteiger partial charge in [-0.3, -0.25) is 4.90 Å². The maximum atomic E-state index is 12.2. The van der Waals surface area contributed by atoms with Gasteiger partial charge in [0, 0.05) is 6.20 Å². The highest BCUT2D eigenvalue weighted by Gasteiger charge is 2.37. The van der Waals surface area contributed by atoms with Crippen molar-refractivity contribution >= 4 is 29.6 Å². The van der Waals surface area contributed by atoms with Crippen molar-refractivity contribution in [2.24, 2.45) is 10.9 Å². The lowest BCUT2D eigenvalue weighted by Gasteiger charge is -2.24. The molecule has 2 N–H and O–H groups in total. The molecule has 3 amide bonds. The van der Waals surface area contributed by atoms with Crippen molar-refractivity contribution in [3.05, 3.63) is 36.1 Å². The Kier molecular flexibility index (Phi) is 4.58. The third-order valence-electron chi connectivity index (χ3n) is 5.03. The minimum absolute atomic E-state index is 0.0565. The molecule has 3 aliphatic rings. The Morgan fingerprint density at radius 1 is 1.32 bits per heavy atom. The van der Waals surface area contributed by atoms with Crippen molar-refractivity contribution in [3.8, 4) is 0 Å². The number of carbonyl (C=O) groups is 2. The fraction of sp³-hybridized carbons (Fsp3) is 0.421. The van der Waals surface area contributed by atoms with Crippen LogP contribution in [-0.2, 0) is 4.74 Å². The smallest absolute Gasteiger partial charge is 0.415 e. The van der Waals surface area contributed by atoms with Gasteiger partial charge in [0.2, 0.25) is 5.95 Å². The number of anilines is 2. The van der Waals surface area contributed by atoms with Crippen LogP contribution in [0, 0.1) is 5.92 Å². The number of nitrogens with zero attached hydrogens (tertiary/aromatic N) is 4. The topological polar surface area (TPSA) is 109 Å². The van der Waals surface area contributed by atoms with Crippen LogP contribution in [-0.4, -0.2) is 52.5 Å². The quantitative estimate of drug-likeness (QED) is 0.809. The molecule has 1 saturated heterocycles. The number of carbonyl (C=O) groups excluding carboxylic acids is 2. The average Bonchev–Trinajstić information content (AvgIpc) is 3.22. The van der Waals surface area contributed by atoms with E-state index < -0.39 is 6.09 Å². The summed E-state index contributed by atoms with van der Waals surface area (Å²) in [5.74, 6) is 1.16. The van der Waals surface area contributed by atoms with E-state index in [-0.39, 0.29) is 30.1 Å². The molecule has 2 aliphatic heterocycles. The largest absolute Gasteiger partial charge is 0.447 e. The second kappa shape index (κ2) is 7.06. The zero-order valence-electron chi connectivity index (χ0n) is 15.9. The van der Waals surface area contributed by atoms with Crippen molar-refractivity contribution in [2.45, 2.75) is 38.9 Å². The number of aromatic nitrogens is 2. The zero-order chi connectivity index (χ0) is 19.8. The lowest BCUT2D eigenvalue weighted by atomic mass is 9.97. The van der Waals surface area contributed by atoms with E-state index in [1.807, 2.05) is 39.0 Å². The standard InChI is InChI=1S/C19H22N6O3/c1-10(2)15-9-28-19(27)25(15)16-6-7-20-17(24-16)21-11(3)12-4-5-13-14(8-12)23-18(26)22-13/h4-8,10-11,13,15H,9H2,1-3H3,(H,22,26)(H,20,21,24)/t11?,13?,15-/m1/s1. The first-order valence-electron chi connectivity index (χ1n) is 9.27. The van der Waals surface area contributed by atoms with Crippen LogP contribution in [0.5, 0.6) is 0 Å². The van der Waals surface area contributed by atoms with Gasteiger partial charge in [0.25, 0.3) is 0 Å². The van der Waals surface area contributed by atoms with Crippen LogP contribution in [0.2, 0.25) is 0 Å². The Labute approximate surface area is 162 Å². The van der Waals surface area contributed by atoms with Crippen molar-refractivity contribution < 1.29 is 14.3 Å². The molecule has 9 nitrogen and oxygen atoms in total.